The molecule has 246 valence electrons. The predicted molar refractivity (Wildman–Crippen MR) is 170 cm³/mol. The fraction of sp³-hybridized carbons (Fsp3) is 0.667. The molecule has 1 saturated heterocycles. The fourth-order valence-electron chi connectivity index (χ4n) is 5.11. The summed E-state index contributed by atoms with van der Waals surface area (Å²) in [7, 11) is 0. The van der Waals surface area contributed by atoms with Crippen LogP contribution in [-0.4, -0.2) is 72.8 Å². The van der Waals surface area contributed by atoms with Crippen LogP contribution in [0.1, 0.15) is 97.0 Å². The van der Waals surface area contributed by atoms with Gasteiger partial charge in [-0.25, -0.2) is 0 Å². The number of benzene rings is 1. The molecule has 0 unspecified atom stereocenters. The van der Waals surface area contributed by atoms with Crippen LogP contribution < -0.4 is 26.4 Å². The Kier molecular flexibility index (Phi) is 17.1. The van der Waals surface area contributed by atoms with Gasteiger partial charge in [0.2, 0.25) is 23.6 Å². The van der Waals surface area contributed by atoms with Crippen LogP contribution in [0, 0.1) is 5.92 Å². The second-order valence-electron chi connectivity index (χ2n) is 11.8. The van der Waals surface area contributed by atoms with Crippen LogP contribution in [-0.2, 0) is 30.4 Å². The molecule has 1 aromatic rings. The van der Waals surface area contributed by atoms with Crippen LogP contribution in [0.25, 0.3) is 0 Å². The van der Waals surface area contributed by atoms with E-state index in [0.29, 0.717) is 44.4 Å². The second kappa shape index (κ2) is 20.5. The molecule has 1 aliphatic heterocycles. The molecule has 0 aromatic heterocycles. The molecule has 0 spiro atoms. The first kappa shape index (κ1) is 36.7. The summed E-state index contributed by atoms with van der Waals surface area (Å²) in [6.45, 7) is 8.40. The zero-order valence-electron chi connectivity index (χ0n) is 26.8. The zero-order valence-corrected chi connectivity index (χ0v) is 26.8. The highest BCUT2D eigenvalue weighted by Gasteiger charge is 2.30. The summed E-state index contributed by atoms with van der Waals surface area (Å²) in [6.07, 6.45) is 8.43. The Bertz CT molecular complexity index is 1060. The predicted octanol–water partition coefficient (Wildman–Crippen LogP) is 2.99. The fourth-order valence-corrected chi connectivity index (χ4v) is 5.11. The van der Waals surface area contributed by atoms with Gasteiger partial charge in [0.15, 0.2) is 0 Å². The van der Waals surface area contributed by atoms with Gasteiger partial charge in [0.05, 0.1) is 6.54 Å². The summed E-state index contributed by atoms with van der Waals surface area (Å²) in [5.41, 5.74) is 5.95. The molecule has 11 nitrogen and oxygen atoms in total. The standard InChI is InChI=1S/C33H53N5O6/c1-4-6-8-14-29(40)36-27(22-25-15-17-26(18-16-25)44-30(41)23-38-20-11-12-21-38)32(42)37-31(24(3)5-2)33(43)35-19-10-7-9-13-28(34)39/h15-18,24,27,31H,4-14,19-23H2,1-3H3,(H2,34,39)(H,35,43)(H,36,40)(H,37,42)/t24-,27-,31-/m0/s1. The lowest BCUT2D eigenvalue weighted by molar-refractivity contribution is -0.135. The largest absolute Gasteiger partial charge is 0.426 e. The number of hydrogen-bond acceptors (Lipinski definition) is 7. The molecule has 5 N–H and O–H groups in total. The van der Waals surface area contributed by atoms with Gasteiger partial charge in [0.25, 0.3) is 0 Å². The number of hydrogen-bond donors (Lipinski definition) is 4. The number of unbranched alkanes of at least 4 members (excludes halogenated alkanes) is 4. The lowest BCUT2D eigenvalue weighted by Gasteiger charge is -2.26. The minimum Gasteiger partial charge on any atom is -0.426 e. The monoisotopic (exact) mass is 615 g/mol. The summed E-state index contributed by atoms with van der Waals surface area (Å²) in [5.74, 6) is -1.29. The molecule has 1 aliphatic rings. The summed E-state index contributed by atoms with van der Waals surface area (Å²) in [5, 5.41) is 8.67. The van der Waals surface area contributed by atoms with Gasteiger partial charge in [-0.05, 0) is 68.8 Å². The van der Waals surface area contributed by atoms with E-state index in [1.165, 1.54) is 0 Å². The Labute approximate surface area is 262 Å². The first-order valence-corrected chi connectivity index (χ1v) is 16.3. The average molecular weight is 616 g/mol. The van der Waals surface area contributed by atoms with Gasteiger partial charge in [-0.1, -0.05) is 58.6 Å². The Morgan fingerprint density at radius 3 is 2.20 bits per heavy atom. The molecule has 1 heterocycles. The molecule has 0 aliphatic carbocycles. The van der Waals surface area contributed by atoms with Crippen molar-refractivity contribution in [3.05, 3.63) is 29.8 Å². The van der Waals surface area contributed by atoms with Crippen molar-refractivity contribution >= 4 is 29.6 Å². The average Bonchev–Trinajstić information content (AvgIpc) is 3.50. The van der Waals surface area contributed by atoms with Gasteiger partial charge < -0.3 is 26.4 Å². The van der Waals surface area contributed by atoms with Crippen LogP contribution in [0.4, 0.5) is 0 Å². The summed E-state index contributed by atoms with van der Waals surface area (Å²) in [6, 6.07) is 5.27. The van der Waals surface area contributed by atoms with Gasteiger partial charge in [-0.3, -0.25) is 28.9 Å². The lowest BCUT2D eigenvalue weighted by Crippen LogP contribution is -2.56. The molecule has 0 radical (unpaired) electrons. The van der Waals surface area contributed by atoms with Crippen LogP contribution in [0.15, 0.2) is 24.3 Å². The first-order chi connectivity index (χ1) is 21.1. The third-order valence-electron chi connectivity index (χ3n) is 8.00. The van der Waals surface area contributed by atoms with Crippen molar-refractivity contribution in [3.8, 4) is 5.75 Å². The molecule has 44 heavy (non-hydrogen) atoms. The highest BCUT2D eigenvalue weighted by atomic mass is 16.5. The molecule has 0 saturated carbocycles. The minimum absolute atomic E-state index is 0.135. The number of rotatable bonds is 21. The molecular weight excluding hydrogens is 562 g/mol. The SMILES string of the molecule is CCCCCC(=O)N[C@@H](Cc1ccc(OC(=O)CN2CCCC2)cc1)C(=O)N[C@H](C(=O)NCCCCCC(N)=O)[C@@H](C)CC. The van der Waals surface area contributed by atoms with Gasteiger partial charge in [-0.15, -0.1) is 0 Å². The molecule has 1 fully saturated rings. The Balaban J connectivity index is 2.05. The molecule has 4 amide bonds. The van der Waals surface area contributed by atoms with Gasteiger partial charge in [0.1, 0.15) is 17.8 Å². The summed E-state index contributed by atoms with van der Waals surface area (Å²) in [4.78, 5) is 64.7. The second-order valence-corrected chi connectivity index (χ2v) is 11.8. The Hall–Kier alpha value is -3.47. The van der Waals surface area contributed by atoms with E-state index in [1.54, 1.807) is 24.3 Å². The number of nitrogens with two attached hydrogens (primary N) is 1. The number of nitrogens with one attached hydrogen (secondary N) is 3. The number of likely N-dealkylation sites (tertiary alicyclic amines) is 1. The van der Waals surface area contributed by atoms with E-state index in [0.717, 1.165) is 57.2 Å². The lowest BCUT2D eigenvalue weighted by atomic mass is 9.97. The Morgan fingerprint density at radius 1 is 0.886 bits per heavy atom. The number of carbonyl (C=O) groups excluding carboxylic acids is 5. The normalized spacial score (nSPS) is 15.2. The van der Waals surface area contributed by atoms with Crippen LogP contribution in [0.3, 0.4) is 0 Å². The van der Waals surface area contributed by atoms with E-state index >= 15 is 0 Å². The quantitative estimate of drug-likeness (QED) is 0.0940. The number of ether oxygens (including phenoxy) is 1. The number of amides is 4. The van der Waals surface area contributed by atoms with Crippen molar-refractivity contribution in [2.75, 3.05) is 26.2 Å². The third kappa shape index (κ3) is 14.3. The molecule has 11 heteroatoms. The van der Waals surface area contributed by atoms with Gasteiger partial charge in [-0.2, -0.15) is 0 Å². The number of nitrogens with zero attached hydrogens (tertiary/aromatic N) is 1. The van der Waals surface area contributed by atoms with E-state index in [-0.39, 0.29) is 42.6 Å². The summed E-state index contributed by atoms with van der Waals surface area (Å²) < 4.78 is 5.49. The Morgan fingerprint density at radius 2 is 1.57 bits per heavy atom. The highest BCUT2D eigenvalue weighted by molar-refractivity contribution is 5.92. The van der Waals surface area contributed by atoms with Crippen LogP contribution in [0.5, 0.6) is 5.75 Å². The van der Waals surface area contributed by atoms with E-state index < -0.39 is 18.0 Å². The maximum atomic E-state index is 13.6. The van der Waals surface area contributed by atoms with Crippen molar-refractivity contribution in [3.63, 3.8) is 0 Å². The first-order valence-electron chi connectivity index (χ1n) is 16.3. The van der Waals surface area contributed by atoms with Crippen molar-refractivity contribution < 1.29 is 28.7 Å². The smallest absolute Gasteiger partial charge is 0.325 e. The van der Waals surface area contributed by atoms with Crippen LogP contribution >= 0.6 is 0 Å². The third-order valence-corrected chi connectivity index (χ3v) is 8.00. The van der Waals surface area contributed by atoms with E-state index in [4.69, 9.17) is 10.5 Å². The number of esters is 1. The number of primary amides is 1. The van der Waals surface area contributed by atoms with Crippen molar-refractivity contribution in [2.45, 2.75) is 110 Å². The number of carbonyl (C=O) groups is 5. The van der Waals surface area contributed by atoms with E-state index in [9.17, 15) is 24.0 Å². The molecular formula is C33H53N5O6. The van der Waals surface area contributed by atoms with Gasteiger partial charge >= 0.3 is 5.97 Å². The van der Waals surface area contributed by atoms with Gasteiger partial charge in [0, 0.05) is 25.8 Å². The zero-order chi connectivity index (χ0) is 32.3. The van der Waals surface area contributed by atoms with Crippen molar-refractivity contribution in [1.29, 1.82) is 0 Å². The summed E-state index contributed by atoms with van der Waals surface area (Å²) >= 11 is 0. The molecule has 0 bridgehead atoms. The maximum Gasteiger partial charge on any atom is 0.325 e. The van der Waals surface area contributed by atoms with Crippen molar-refractivity contribution in [2.24, 2.45) is 11.7 Å². The molecule has 1 aromatic carbocycles. The molecule has 3 atom stereocenters. The maximum absolute atomic E-state index is 13.6. The van der Waals surface area contributed by atoms with Crippen LogP contribution in [0.2, 0.25) is 0 Å². The van der Waals surface area contributed by atoms with E-state index in [1.807, 2.05) is 13.8 Å². The van der Waals surface area contributed by atoms with Crippen molar-refractivity contribution in [1.82, 2.24) is 20.9 Å². The topological polar surface area (TPSA) is 160 Å². The highest BCUT2D eigenvalue weighted by Crippen LogP contribution is 2.16. The van der Waals surface area contributed by atoms with E-state index in [2.05, 4.69) is 27.8 Å². The molecule has 2 rings (SSSR count). The minimum atomic E-state index is -0.888.